The SMILES string of the molecule is CCc1nn(C)c(CC(NN)C2(OC)CCC2)c1Br. The smallest absolute Gasteiger partial charge is 0.0848 e. The van der Waals surface area contributed by atoms with Gasteiger partial charge in [0.2, 0.25) is 0 Å². The van der Waals surface area contributed by atoms with E-state index in [0.29, 0.717) is 0 Å². The van der Waals surface area contributed by atoms with E-state index in [0.717, 1.165) is 35.8 Å². The maximum atomic E-state index is 5.76. The van der Waals surface area contributed by atoms with Crippen LogP contribution in [0.1, 0.15) is 37.6 Å². The molecule has 1 aromatic rings. The molecule has 0 aromatic carbocycles. The zero-order valence-corrected chi connectivity index (χ0v) is 13.5. The minimum absolute atomic E-state index is 0.114. The summed E-state index contributed by atoms with van der Waals surface area (Å²) < 4.78 is 8.76. The number of halogens is 1. The first-order valence-corrected chi connectivity index (χ1v) is 7.58. The van der Waals surface area contributed by atoms with E-state index in [1.165, 1.54) is 12.1 Å². The number of hydrogen-bond acceptors (Lipinski definition) is 4. The summed E-state index contributed by atoms with van der Waals surface area (Å²) in [6.45, 7) is 2.11. The Kier molecular flexibility index (Phi) is 4.66. The van der Waals surface area contributed by atoms with Crippen molar-refractivity contribution in [3.8, 4) is 0 Å². The van der Waals surface area contributed by atoms with Gasteiger partial charge in [0.1, 0.15) is 0 Å². The second-order valence-electron chi connectivity index (χ2n) is 5.23. The summed E-state index contributed by atoms with van der Waals surface area (Å²) in [4.78, 5) is 0. The van der Waals surface area contributed by atoms with Gasteiger partial charge in [-0.3, -0.25) is 16.0 Å². The first-order valence-electron chi connectivity index (χ1n) is 6.79. The van der Waals surface area contributed by atoms with Crippen LogP contribution < -0.4 is 11.3 Å². The van der Waals surface area contributed by atoms with E-state index in [2.05, 4.69) is 33.4 Å². The summed E-state index contributed by atoms with van der Waals surface area (Å²) in [7, 11) is 3.76. The maximum Gasteiger partial charge on any atom is 0.0848 e. The quantitative estimate of drug-likeness (QED) is 0.615. The van der Waals surface area contributed by atoms with Crippen LogP contribution in [0.25, 0.3) is 0 Å². The van der Waals surface area contributed by atoms with E-state index in [-0.39, 0.29) is 11.6 Å². The topological polar surface area (TPSA) is 65.1 Å². The lowest BCUT2D eigenvalue weighted by Gasteiger charge is -2.46. The molecule has 0 saturated heterocycles. The molecule has 1 saturated carbocycles. The average Bonchev–Trinajstić information content (AvgIpc) is 2.63. The van der Waals surface area contributed by atoms with Gasteiger partial charge in [0, 0.05) is 20.6 Å². The van der Waals surface area contributed by atoms with Gasteiger partial charge in [-0.25, -0.2) is 0 Å². The van der Waals surface area contributed by atoms with E-state index in [9.17, 15) is 0 Å². The van der Waals surface area contributed by atoms with Gasteiger partial charge in [-0.05, 0) is 41.6 Å². The Labute approximate surface area is 123 Å². The van der Waals surface area contributed by atoms with E-state index < -0.39 is 0 Å². The number of methoxy groups -OCH3 is 1. The number of ether oxygens (including phenoxy) is 1. The molecule has 108 valence electrons. The second-order valence-corrected chi connectivity index (χ2v) is 6.02. The van der Waals surface area contributed by atoms with Gasteiger partial charge in [-0.15, -0.1) is 0 Å². The van der Waals surface area contributed by atoms with Gasteiger partial charge >= 0.3 is 0 Å². The van der Waals surface area contributed by atoms with Crippen LogP contribution in [0.4, 0.5) is 0 Å². The van der Waals surface area contributed by atoms with Crippen molar-refractivity contribution in [2.45, 2.75) is 50.7 Å². The average molecular weight is 331 g/mol. The van der Waals surface area contributed by atoms with Crippen molar-refractivity contribution in [3.63, 3.8) is 0 Å². The van der Waals surface area contributed by atoms with Gasteiger partial charge in [-0.1, -0.05) is 6.92 Å². The highest BCUT2D eigenvalue weighted by molar-refractivity contribution is 9.10. The summed E-state index contributed by atoms with van der Waals surface area (Å²) in [5, 5.41) is 4.53. The molecule has 5 nitrogen and oxygen atoms in total. The summed E-state index contributed by atoms with van der Waals surface area (Å²) in [5.74, 6) is 5.76. The fourth-order valence-electron chi connectivity index (χ4n) is 2.85. The molecule has 3 N–H and O–H groups in total. The number of hydrogen-bond donors (Lipinski definition) is 2. The van der Waals surface area contributed by atoms with Crippen molar-refractivity contribution in [2.75, 3.05) is 7.11 Å². The van der Waals surface area contributed by atoms with E-state index >= 15 is 0 Å². The zero-order valence-electron chi connectivity index (χ0n) is 11.9. The molecule has 1 unspecified atom stereocenters. The molecule has 1 heterocycles. The number of aromatic nitrogens is 2. The molecule has 0 spiro atoms. The van der Waals surface area contributed by atoms with Crippen LogP contribution in [0.3, 0.4) is 0 Å². The van der Waals surface area contributed by atoms with Crippen LogP contribution in [0.2, 0.25) is 0 Å². The molecule has 0 amide bonds. The highest BCUT2D eigenvalue weighted by Gasteiger charge is 2.44. The Hall–Kier alpha value is -0.430. The van der Waals surface area contributed by atoms with Crippen molar-refractivity contribution < 1.29 is 4.74 Å². The molecule has 2 rings (SSSR count). The van der Waals surface area contributed by atoms with Crippen molar-refractivity contribution in [1.29, 1.82) is 0 Å². The molecular formula is C13H23BrN4O. The summed E-state index contributed by atoms with van der Waals surface area (Å²) >= 11 is 3.66. The van der Waals surface area contributed by atoms with E-state index in [1.807, 2.05) is 11.7 Å². The van der Waals surface area contributed by atoms with Crippen molar-refractivity contribution in [2.24, 2.45) is 12.9 Å². The van der Waals surface area contributed by atoms with Crippen molar-refractivity contribution in [3.05, 3.63) is 15.9 Å². The third-order valence-electron chi connectivity index (χ3n) is 4.34. The van der Waals surface area contributed by atoms with E-state index in [1.54, 1.807) is 7.11 Å². The fraction of sp³-hybridized carbons (Fsp3) is 0.769. The molecule has 1 fully saturated rings. The van der Waals surface area contributed by atoms with Crippen LogP contribution in [0, 0.1) is 0 Å². The third kappa shape index (κ3) is 2.59. The summed E-state index contributed by atoms with van der Waals surface area (Å²) in [6.07, 6.45) is 5.07. The van der Waals surface area contributed by atoms with Gasteiger partial charge in [0.15, 0.2) is 0 Å². The molecule has 6 heteroatoms. The normalized spacial score (nSPS) is 19.2. The molecule has 1 aliphatic carbocycles. The Bertz CT molecular complexity index is 437. The molecule has 0 radical (unpaired) electrons. The Morgan fingerprint density at radius 1 is 1.58 bits per heavy atom. The molecule has 1 atom stereocenters. The standard InChI is InChI=1S/C13H23BrN4O/c1-4-9-12(14)10(18(2)17-9)8-11(16-15)13(19-3)6-5-7-13/h11,16H,4-8,15H2,1-3H3. The first-order chi connectivity index (χ1) is 9.07. The minimum Gasteiger partial charge on any atom is -0.377 e. The lowest BCUT2D eigenvalue weighted by molar-refractivity contribution is -0.0985. The highest BCUT2D eigenvalue weighted by Crippen LogP contribution is 2.39. The van der Waals surface area contributed by atoms with Crippen LogP contribution >= 0.6 is 15.9 Å². The van der Waals surface area contributed by atoms with Gasteiger partial charge < -0.3 is 4.74 Å². The Morgan fingerprint density at radius 2 is 2.26 bits per heavy atom. The van der Waals surface area contributed by atoms with Crippen LogP contribution in [-0.4, -0.2) is 28.5 Å². The van der Waals surface area contributed by atoms with Gasteiger partial charge in [0.25, 0.3) is 0 Å². The molecular weight excluding hydrogens is 308 g/mol. The third-order valence-corrected chi connectivity index (χ3v) is 5.26. The fourth-order valence-corrected chi connectivity index (χ4v) is 3.63. The number of nitrogens with two attached hydrogens (primary N) is 1. The minimum atomic E-state index is -0.120. The summed E-state index contributed by atoms with van der Waals surface area (Å²) in [6, 6.07) is 0.114. The first kappa shape index (κ1) is 15.0. The summed E-state index contributed by atoms with van der Waals surface area (Å²) in [5.41, 5.74) is 5.08. The molecule has 1 aromatic heterocycles. The maximum absolute atomic E-state index is 5.76. The number of nitrogens with zero attached hydrogens (tertiary/aromatic N) is 2. The predicted octanol–water partition coefficient (Wildman–Crippen LogP) is 1.69. The Morgan fingerprint density at radius 3 is 2.63 bits per heavy atom. The van der Waals surface area contributed by atoms with Crippen LogP contribution in [-0.2, 0) is 24.6 Å². The molecule has 1 aliphatic rings. The van der Waals surface area contributed by atoms with Crippen LogP contribution in [0.15, 0.2) is 4.47 Å². The molecule has 19 heavy (non-hydrogen) atoms. The van der Waals surface area contributed by atoms with Gasteiger partial charge in [0.05, 0.1) is 27.5 Å². The zero-order chi connectivity index (χ0) is 14.0. The van der Waals surface area contributed by atoms with Crippen molar-refractivity contribution in [1.82, 2.24) is 15.2 Å². The number of hydrazine groups is 1. The molecule has 0 aliphatic heterocycles. The number of nitrogens with one attached hydrogen (secondary N) is 1. The largest absolute Gasteiger partial charge is 0.377 e. The second kappa shape index (κ2) is 5.91. The lowest BCUT2D eigenvalue weighted by atomic mass is 9.73. The predicted molar refractivity (Wildman–Crippen MR) is 78.7 cm³/mol. The van der Waals surface area contributed by atoms with Crippen LogP contribution in [0.5, 0.6) is 0 Å². The number of aryl methyl sites for hydroxylation is 2. The Balaban J connectivity index is 2.21. The molecule has 0 bridgehead atoms. The highest BCUT2D eigenvalue weighted by atomic mass is 79.9. The number of rotatable bonds is 6. The van der Waals surface area contributed by atoms with Crippen molar-refractivity contribution >= 4 is 15.9 Å². The lowest BCUT2D eigenvalue weighted by Crippen LogP contribution is -2.59. The van der Waals surface area contributed by atoms with E-state index in [4.69, 9.17) is 10.6 Å². The monoisotopic (exact) mass is 330 g/mol. The van der Waals surface area contributed by atoms with Gasteiger partial charge in [-0.2, -0.15) is 5.10 Å².